The van der Waals surface area contributed by atoms with Crippen LogP contribution in [0.15, 0.2) is 89.9 Å². The second kappa shape index (κ2) is 7.25. The number of rotatable bonds is 3. The number of fused-ring (bicyclic) bond motifs is 2. The van der Waals surface area contributed by atoms with Crippen molar-refractivity contribution in [2.45, 2.75) is 0 Å². The Balaban J connectivity index is 1.49. The Morgan fingerprint density at radius 1 is 0.867 bits per heavy atom. The number of esters is 1. The summed E-state index contributed by atoms with van der Waals surface area (Å²) in [7, 11) is 0. The third-order valence-electron chi connectivity index (χ3n) is 4.76. The van der Waals surface area contributed by atoms with E-state index >= 15 is 0 Å². The van der Waals surface area contributed by atoms with Crippen molar-refractivity contribution in [1.82, 2.24) is 15.0 Å². The molecular formula is C24H15N3O3. The highest BCUT2D eigenvalue weighted by Gasteiger charge is 2.15. The van der Waals surface area contributed by atoms with E-state index < -0.39 is 5.97 Å². The van der Waals surface area contributed by atoms with Crippen molar-refractivity contribution in [3.8, 4) is 17.0 Å². The smallest absolute Gasteiger partial charge is 0.344 e. The number of nitrogens with zero attached hydrogens (tertiary/aromatic N) is 2. The van der Waals surface area contributed by atoms with Gasteiger partial charge < -0.3 is 9.72 Å². The number of aromatic nitrogens is 3. The predicted octanol–water partition coefficient (Wildman–Crippen LogP) is 4.36. The number of hydrogen-bond acceptors (Lipinski definition) is 5. The second-order valence-corrected chi connectivity index (χ2v) is 6.75. The van der Waals surface area contributed by atoms with Crippen LogP contribution in [0.2, 0.25) is 0 Å². The number of carbonyl (C=O) groups is 1. The van der Waals surface area contributed by atoms with Crippen LogP contribution in [-0.2, 0) is 0 Å². The molecule has 6 heteroatoms. The third kappa shape index (κ3) is 3.31. The highest BCUT2D eigenvalue weighted by Crippen LogP contribution is 2.25. The summed E-state index contributed by atoms with van der Waals surface area (Å²) in [4.78, 5) is 36.5. The SMILES string of the molecule is O=C(Oc1cccc(-c2cnc3ccccc3n2)c1)c1cc(=O)[nH]c2ccccc12. The number of pyridine rings is 1. The molecule has 144 valence electrons. The Bertz CT molecular complexity index is 1470. The summed E-state index contributed by atoms with van der Waals surface area (Å²) in [5, 5.41) is 0.624. The zero-order chi connectivity index (χ0) is 20.5. The van der Waals surface area contributed by atoms with Gasteiger partial charge in [0, 0.05) is 22.5 Å². The Hall–Kier alpha value is -4.32. The number of aromatic amines is 1. The lowest BCUT2D eigenvalue weighted by molar-refractivity contribution is 0.0736. The average Bonchev–Trinajstić information content (AvgIpc) is 2.78. The van der Waals surface area contributed by atoms with E-state index in [2.05, 4.69) is 15.0 Å². The van der Waals surface area contributed by atoms with Crippen molar-refractivity contribution in [2.24, 2.45) is 0 Å². The molecule has 1 N–H and O–H groups in total. The molecule has 0 amide bonds. The lowest BCUT2D eigenvalue weighted by atomic mass is 10.1. The molecule has 0 atom stereocenters. The normalized spacial score (nSPS) is 10.9. The maximum absolute atomic E-state index is 12.8. The van der Waals surface area contributed by atoms with E-state index in [1.807, 2.05) is 30.3 Å². The van der Waals surface area contributed by atoms with Gasteiger partial charge in [0.15, 0.2) is 0 Å². The Kier molecular flexibility index (Phi) is 4.29. The van der Waals surface area contributed by atoms with Gasteiger partial charge in [-0.1, -0.05) is 42.5 Å². The molecule has 5 rings (SSSR count). The van der Waals surface area contributed by atoms with E-state index in [1.54, 1.807) is 48.7 Å². The van der Waals surface area contributed by atoms with Crippen molar-refractivity contribution in [3.63, 3.8) is 0 Å². The standard InChI is InChI=1S/C24H15N3O3/c28-23-13-18(17-8-1-2-9-19(17)27-23)24(29)30-16-7-5-6-15(12-16)22-14-25-20-10-3-4-11-21(20)26-22/h1-14H,(H,27,28). The number of benzene rings is 3. The summed E-state index contributed by atoms with van der Waals surface area (Å²) in [6.07, 6.45) is 1.69. The highest BCUT2D eigenvalue weighted by molar-refractivity contribution is 6.04. The lowest BCUT2D eigenvalue weighted by Gasteiger charge is -2.08. The molecule has 0 saturated heterocycles. The zero-order valence-corrected chi connectivity index (χ0v) is 15.7. The Morgan fingerprint density at radius 3 is 2.57 bits per heavy atom. The molecule has 0 fully saturated rings. The van der Waals surface area contributed by atoms with Crippen LogP contribution in [0, 0.1) is 0 Å². The van der Waals surface area contributed by atoms with Gasteiger partial charge in [0.2, 0.25) is 5.56 Å². The van der Waals surface area contributed by atoms with Crippen LogP contribution in [0.5, 0.6) is 5.75 Å². The number of H-pyrrole nitrogens is 1. The van der Waals surface area contributed by atoms with Crippen LogP contribution >= 0.6 is 0 Å². The van der Waals surface area contributed by atoms with Gasteiger partial charge >= 0.3 is 5.97 Å². The quantitative estimate of drug-likeness (QED) is 0.364. The van der Waals surface area contributed by atoms with Crippen LogP contribution < -0.4 is 10.3 Å². The van der Waals surface area contributed by atoms with Gasteiger partial charge in [-0.3, -0.25) is 9.78 Å². The molecule has 0 radical (unpaired) electrons. The number of carbonyl (C=O) groups excluding carboxylic acids is 1. The molecule has 0 spiro atoms. The Labute approximate surface area is 170 Å². The number of para-hydroxylation sites is 3. The minimum atomic E-state index is -0.598. The fraction of sp³-hybridized carbons (Fsp3) is 0. The molecule has 5 aromatic rings. The fourth-order valence-electron chi connectivity index (χ4n) is 3.35. The second-order valence-electron chi connectivity index (χ2n) is 6.75. The first-order valence-electron chi connectivity index (χ1n) is 9.34. The summed E-state index contributed by atoms with van der Waals surface area (Å²) in [6, 6.07) is 23.0. The minimum Gasteiger partial charge on any atom is -0.423 e. The van der Waals surface area contributed by atoms with Crippen LogP contribution in [0.1, 0.15) is 10.4 Å². The van der Waals surface area contributed by atoms with Crippen molar-refractivity contribution in [3.05, 3.63) is 101 Å². The largest absolute Gasteiger partial charge is 0.423 e. The summed E-state index contributed by atoms with van der Waals surface area (Å²) < 4.78 is 5.57. The third-order valence-corrected chi connectivity index (χ3v) is 4.76. The van der Waals surface area contributed by atoms with E-state index in [9.17, 15) is 9.59 Å². The molecule has 0 unspecified atom stereocenters. The maximum atomic E-state index is 12.8. The maximum Gasteiger partial charge on any atom is 0.344 e. The molecule has 0 saturated carbocycles. The monoisotopic (exact) mass is 393 g/mol. The number of hydrogen-bond donors (Lipinski definition) is 1. The number of ether oxygens (including phenoxy) is 1. The molecule has 30 heavy (non-hydrogen) atoms. The molecule has 0 aliphatic carbocycles. The van der Waals surface area contributed by atoms with Crippen LogP contribution in [-0.4, -0.2) is 20.9 Å². The molecule has 0 bridgehead atoms. The summed E-state index contributed by atoms with van der Waals surface area (Å²) in [5.41, 5.74) is 3.48. The van der Waals surface area contributed by atoms with E-state index in [4.69, 9.17) is 4.74 Å². The van der Waals surface area contributed by atoms with Crippen LogP contribution in [0.25, 0.3) is 33.2 Å². The summed E-state index contributed by atoms with van der Waals surface area (Å²) in [5.74, 6) is -0.240. The summed E-state index contributed by atoms with van der Waals surface area (Å²) in [6.45, 7) is 0. The molecule has 2 aromatic heterocycles. The van der Waals surface area contributed by atoms with Crippen molar-refractivity contribution < 1.29 is 9.53 Å². The predicted molar refractivity (Wildman–Crippen MR) is 115 cm³/mol. The molecule has 2 heterocycles. The van der Waals surface area contributed by atoms with Gasteiger partial charge in [-0.15, -0.1) is 0 Å². The minimum absolute atomic E-state index is 0.213. The van der Waals surface area contributed by atoms with Gasteiger partial charge in [0.1, 0.15) is 5.75 Å². The zero-order valence-electron chi connectivity index (χ0n) is 15.7. The molecular weight excluding hydrogens is 378 g/mol. The van der Waals surface area contributed by atoms with E-state index in [0.717, 1.165) is 16.6 Å². The molecule has 6 nitrogen and oxygen atoms in total. The van der Waals surface area contributed by atoms with E-state index in [0.29, 0.717) is 22.3 Å². The molecule has 0 aliphatic rings. The average molecular weight is 393 g/mol. The molecule has 0 aliphatic heterocycles. The van der Waals surface area contributed by atoms with Gasteiger partial charge in [-0.2, -0.15) is 0 Å². The molecule has 3 aromatic carbocycles. The van der Waals surface area contributed by atoms with E-state index in [1.165, 1.54) is 6.07 Å². The first-order chi connectivity index (χ1) is 14.7. The first kappa shape index (κ1) is 17.8. The van der Waals surface area contributed by atoms with E-state index in [-0.39, 0.29) is 11.1 Å². The van der Waals surface area contributed by atoms with Gasteiger partial charge in [0.25, 0.3) is 0 Å². The topological polar surface area (TPSA) is 84.9 Å². The van der Waals surface area contributed by atoms with Crippen molar-refractivity contribution in [1.29, 1.82) is 0 Å². The fourth-order valence-corrected chi connectivity index (χ4v) is 3.35. The first-order valence-corrected chi connectivity index (χ1v) is 9.34. The van der Waals surface area contributed by atoms with Crippen molar-refractivity contribution in [2.75, 3.05) is 0 Å². The van der Waals surface area contributed by atoms with Crippen molar-refractivity contribution >= 4 is 27.9 Å². The van der Waals surface area contributed by atoms with Crippen LogP contribution in [0.4, 0.5) is 0 Å². The lowest BCUT2D eigenvalue weighted by Crippen LogP contribution is -2.14. The van der Waals surface area contributed by atoms with Crippen LogP contribution in [0.3, 0.4) is 0 Å². The Morgan fingerprint density at radius 2 is 1.67 bits per heavy atom. The van der Waals surface area contributed by atoms with Gasteiger partial charge in [-0.05, 0) is 30.3 Å². The highest BCUT2D eigenvalue weighted by atomic mass is 16.5. The number of nitrogens with one attached hydrogen (secondary N) is 1. The summed E-state index contributed by atoms with van der Waals surface area (Å²) >= 11 is 0. The van der Waals surface area contributed by atoms with Gasteiger partial charge in [-0.25, -0.2) is 9.78 Å². The van der Waals surface area contributed by atoms with Gasteiger partial charge in [0.05, 0.1) is 28.5 Å².